The van der Waals surface area contributed by atoms with Crippen LogP contribution in [-0.2, 0) is 4.79 Å². The number of hydrogen-bond acceptors (Lipinski definition) is 3. The average molecular weight is 262 g/mol. The van der Waals surface area contributed by atoms with E-state index < -0.39 is 0 Å². The van der Waals surface area contributed by atoms with Crippen LogP contribution in [0.1, 0.15) is 32.1 Å². The molecule has 2 atom stereocenters. The van der Waals surface area contributed by atoms with Crippen molar-refractivity contribution in [3.8, 4) is 5.75 Å². The Morgan fingerprint density at radius 3 is 2.84 bits per heavy atom. The fourth-order valence-electron chi connectivity index (χ4n) is 2.68. The number of para-hydroxylation sites is 2. The van der Waals surface area contributed by atoms with Gasteiger partial charge in [0.25, 0.3) is 0 Å². The molecule has 1 aliphatic rings. The van der Waals surface area contributed by atoms with Gasteiger partial charge in [0.05, 0.1) is 12.8 Å². The van der Waals surface area contributed by atoms with Crippen LogP contribution in [0.4, 0.5) is 5.69 Å². The van der Waals surface area contributed by atoms with E-state index in [2.05, 4.69) is 5.32 Å². The number of methoxy groups -OCH3 is 1. The van der Waals surface area contributed by atoms with Gasteiger partial charge in [0, 0.05) is 12.5 Å². The molecule has 1 amide bonds. The minimum absolute atomic E-state index is 0.0202. The van der Waals surface area contributed by atoms with Gasteiger partial charge in [-0.3, -0.25) is 4.79 Å². The van der Waals surface area contributed by atoms with Crippen LogP contribution >= 0.6 is 0 Å². The van der Waals surface area contributed by atoms with E-state index in [1.54, 1.807) is 7.11 Å². The van der Waals surface area contributed by atoms with Gasteiger partial charge >= 0.3 is 0 Å². The quantitative estimate of drug-likeness (QED) is 0.876. The lowest BCUT2D eigenvalue weighted by Crippen LogP contribution is -2.35. The molecular formula is C15H22N2O2. The Morgan fingerprint density at radius 1 is 1.37 bits per heavy atom. The second-order valence-corrected chi connectivity index (χ2v) is 5.16. The maximum Gasteiger partial charge on any atom is 0.224 e. The third-order valence-corrected chi connectivity index (χ3v) is 3.80. The second-order valence-electron chi connectivity index (χ2n) is 5.16. The summed E-state index contributed by atoms with van der Waals surface area (Å²) in [5.41, 5.74) is 6.79. The van der Waals surface area contributed by atoms with Crippen molar-refractivity contribution in [2.24, 2.45) is 11.7 Å². The smallest absolute Gasteiger partial charge is 0.224 e. The molecule has 1 aliphatic carbocycles. The predicted molar refractivity (Wildman–Crippen MR) is 76.2 cm³/mol. The Morgan fingerprint density at radius 2 is 2.11 bits per heavy atom. The molecular weight excluding hydrogens is 240 g/mol. The van der Waals surface area contributed by atoms with Gasteiger partial charge in [-0.15, -0.1) is 0 Å². The first-order valence-corrected chi connectivity index (χ1v) is 6.89. The molecule has 0 spiro atoms. The Kier molecular flexibility index (Phi) is 4.80. The molecule has 0 heterocycles. The van der Waals surface area contributed by atoms with Crippen LogP contribution in [0.3, 0.4) is 0 Å². The zero-order valence-electron chi connectivity index (χ0n) is 11.4. The summed E-state index contributed by atoms with van der Waals surface area (Å²) in [6.45, 7) is 0. The minimum Gasteiger partial charge on any atom is -0.495 e. The number of benzene rings is 1. The van der Waals surface area contributed by atoms with E-state index >= 15 is 0 Å². The number of amides is 1. The number of rotatable bonds is 4. The van der Waals surface area contributed by atoms with Gasteiger partial charge in [0.15, 0.2) is 0 Å². The Labute approximate surface area is 114 Å². The third-order valence-electron chi connectivity index (χ3n) is 3.80. The van der Waals surface area contributed by atoms with Crippen LogP contribution in [0.5, 0.6) is 5.75 Å². The number of nitrogens with one attached hydrogen (secondary N) is 1. The number of hydrogen-bond donors (Lipinski definition) is 2. The van der Waals surface area contributed by atoms with Crippen LogP contribution in [0.25, 0.3) is 0 Å². The molecule has 3 N–H and O–H groups in total. The highest BCUT2D eigenvalue weighted by Gasteiger charge is 2.24. The van der Waals surface area contributed by atoms with Crippen LogP contribution in [0, 0.1) is 5.92 Å². The molecule has 0 aliphatic heterocycles. The van der Waals surface area contributed by atoms with Crippen molar-refractivity contribution in [3.63, 3.8) is 0 Å². The second kappa shape index (κ2) is 6.57. The lowest BCUT2D eigenvalue weighted by Gasteiger charge is -2.28. The largest absolute Gasteiger partial charge is 0.495 e. The summed E-state index contributed by atoms with van der Waals surface area (Å²) in [7, 11) is 1.60. The maximum absolute atomic E-state index is 12.1. The summed E-state index contributed by atoms with van der Waals surface area (Å²) in [6.07, 6.45) is 4.96. The molecule has 1 fully saturated rings. The highest BCUT2D eigenvalue weighted by Crippen LogP contribution is 2.27. The lowest BCUT2D eigenvalue weighted by atomic mass is 9.83. The van der Waals surface area contributed by atoms with Crippen molar-refractivity contribution in [2.75, 3.05) is 12.4 Å². The molecule has 1 aromatic rings. The van der Waals surface area contributed by atoms with E-state index in [4.69, 9.17) is 10.5 Å². The first-order valence-electron chi connectivity index (χ1n) is 6.89. The molecule has 104 valence electrons. The van der Waals surface area contributed by atoms with Gasteiger partial charge in [-0.1, -0.05) is 25.0 Å². The average Bonchev–Trinajstić information content (AvgIpc) is 2.42. The minimum atomic E-state index is 0.0202. The van der Waals surface area contributed by atoms with Crippen molar-refractivity contribution in [1.82, 2.24) is 0 Å². The summed E-state index contributed by atoms with van der Waals surface area (Å²) in [4.78, 5) is 12.1. The number of ether oxygens (including phenoxy) is 1. The van der Waals surface area contributed by atoms with E-state index in [9.17, 15) is 4.79 Å². The van der Waals surface area contributed by atoms with Gasteiger partial charge in [-0.05, 0) is 30.9 Å². The summed E-state index contributed by atoms with van der Waals surface area (Å²) in [5, 5.41) is 2.91. The number of carbonyl (C=O) groups is 1. The topological polar surface area (TPSA) is 64.3 Å². The Balaban J connectivity index is 1.93. The van der Waals surface area contributed by atoms with Crippen LogP contribution < -0.4 is 15.8 Å². The first kappa shape index (κ1) is 13.9. The normalized spacial score (nSPS) is 22.8. The highest BCUT2D eigenvalue weighted by molar-refractivity contribution is 5.92. The van der Waals surface area contributed by atoms with E-state index in [1.165, 1.54) is 12.8 Å². The maximum atomic E-state index is 12.1. The zero-order chi connectivity index (χ0) is 13.7. The van der Waals surface area contributed by atoms with Gasteiger partial charge in [0.1, 0.15) is 5.75 Å². The molecule has 0 aromatic heterocycles. The molecule has 4 nitrogen and oxygen atoms in total. The van der Waals surface area contributed by atoms with Gasteiger partial charge < -0.3 is 15.8 Å². The highest BCUT2D eigenvalue weighted by atomic mass is 16.5. The van der Waals surface area contributed by atoms with Crippen molar-refractivity contribution in [3.05, 3.63) is 24.3 Å². The summed E-state index contributed by atoms with van der Waals surface area (Å²) >= 11 is 0. The Bertz CT molecular complexity index is 434. The molecule has 4 heteroatoms. The molecule has 0 bridgehead atoms. The summed E-state index contributed by atoms with van der Waals surface area (Å²) in [5.74, 6) is 1.01. The number of carbonyl (C=O) groups excluding carboxylic acids is 1. The summed E-state index contributed by atoms with van der Waals surface area (Å²) < 4.78 is 5.22. The van der Waals surface area contributed by atoms with Crippen molar-refractivity contribution in [1.29, 1.82) is 0 Å². The number of nitrogens with two attached hydrogens (primary N) is 1. The van der Waals surface area contributed by atoms with Gasteiger partial charge in [0.2, 0.25) is 5.91 Å². The number of anilines is 1. The first-order chi connectivity index (χ1) is 9.20. The fraction of sp³-hybridized carbons (Fsp3) is 0.533. The summed E-state index contributed by atoms with van der Waals surface area (Å²) in [6, 6.07) is 7.60. The molecule has 0 radical (unpaired) electrons. The van der Waals surface area contributed by atoms with Gasteiger partial charge in [-0.2, -0.15) is 0 Å². The van der Waals surface area contributed by atoms with E-state index in [-0.39, 0.29) is 11.9 Å². The fourth-order valence-corrected chi connectivity index (χ4v) is 2.68. The van der Waals surface area contributed by atoms with Crippen LogP contribution in [0.2, 0.25) is 0 Å². The molecule has 2 rings (SSSR count). The zero-order valence-corrected chi connectivity index (χ0v) is 11.4. The lowest BCUT2D eigenvalue weighted by molar-refractivity contribution is -0.117. The Hall–Kier alpha value is -1.55. The molecule has 1 saturated carbocycles. The van der Waals surface area contributed by atoms with E-state index in [1.807, 2.05) is 24.3 Å². The standard InChI is InChI=1S/C15H22N2O2/c1-19-14-9-5-4-8-13(14)17-15(18)10-11-6-2-3-7-12(11)16/h4-5,8-9,11-12H,2-3,6-7,10,16H2,1H3,(H,17,18). The molecule has 2 unspecified atom stereocenters. The third kappa shape index (κ3) is 3.70. The van der Waals surface area contributed by atoms with Gasteiger partial charge in [-0.25, -0.2) is 0 Å². The van der Waals surface area contributed by atoms with Crippen molar-refractivity contribution >= 4 is 11.6 Å². The van der Waals surface area contributed by atoms with E-state index in [0.717, 1.165) is 18.5 Å². The molecule has 0 saturated heterocycles. The predicted octanol–water partition coefficient (Wildman–Crippen LogP) is 2.54. The molecule has 19 heavy (non-hydrogen) atoms. The monoisotopic (exact) mass is 262 g/mol. The van der Waals surface area contributed by atoms with Crippen molar-refractivity contribution in [2.45, 2.75) is 38.1 Å². The van der Waals surface area contributed by atoms with Crippen LogP contribution in [-0.4, -0.2) is 19.1 Å². The van der Waals surface area contributed by atoms with Crippen molar-refractivity contribution < 1.29 is 9.53 Å². The molecule has 1 aromatic carbocycles. The van der Waals surface area contributed by atoms with E-state index in [0.29, 0.717) is 18.1 Å². The van der Waals surface area contributed by atoms with Crippen LogP contribution in [0.15, 0.2) is 24.3 Å². The SMILES string of the molecule is COc1ccccc1NC(=O)CC1CCCCC1N.